The zero-order chi connectivity index (χ0) is 25.3. The summed E-state index contributed by atoms with van der Waals surface area (Å²) in [6.45, 7) is 6.95. The Hall–Kier alpha value is -3.02. The van der Waals surface area contributed by atoms with E-state index in [9.17, 15) is 18.0 Å². The Morgan fingerprint density at radius 1 is 1.06 bits per heavy atom. The van der Waals surface area contributed by atoms with Gasteiger partial charge in [0.1, 0.15) is 0 Å². The van der Waals surface area contributed by atoms with E-state index in [1.165, 1.54) is 44.8 Å². The highest BCUT2D eigenvalue weighted by molar-refractivity contribution is 7.89. The molecule has 9 nitrogen and oxygen atoms in total. The van der Waals surface area contributed by atoms with Gasteiger partial charge in [0.25, 0.3) is 5.91 Å². The predicted molar refractivity (Wildman–Crippen MR) is 134 cm³/mol. The second kappa shape index (κ2) is 9.92. The van der Waals surface area contributed by atoms with Gasteiger partial charge in [-0.3, -0.25) is 4.79 Å². The number of aromatic nitrogens is 1. The Morgan fingerprint density at radius 3 is 2.34 bits per heavy atom. The van der Waals surface area contributed by atoms with Crippen molar-refractivity contribution in [2.24, 2.45) is 12.0 Å². The number of hydrogen-bond acceptors (Lipinski definition) is 6. The lowest BCUT2D eigenvalue weighted by Gasteiger charge is -2.33. The molecule has 0 atom stereocenters. The van der Waals surface area contributed by atoms with Crippen LogP contribution in [-0.2, 0) is 21.8 Å². The lowest BCUT2D eigenvalue weighted by atomic mass is 10.1. The van der Waals surface area contributed by atoms with Crippen molar-refractivity contribution in [1.82, 2.24) is 13.8 Å². The highest BCUT2D eigenvalue weighted by Crippen LogP contribution is 2.23. The quantitative estimate of drug-likeness (QED) is 0.531. The fourth-order valence-corrected chi connectivity index (χ4v) is 6.80. The molecule has 1 aliphatic rings. The summed E-state index contributed by atoms with van der Waals surface area (Å²) in [5.74, 6) is -0.437. The summed E-state index contributed by atoms with van der Waals surface area (Å²) in [5, 5.41) is 0. The molecular formula is C24H28N4O5S2. The molecule has 1 aliphatic heterocycles. The van der Waals surface area contributed by atoms with Gasteiger partial charge in [0.15, 0.2) is 4.80 Å². The zero-order valence-electron chi connectivity index (χ0n) is 20.1. The Kier molecular flexibility index (Phi) is 7.11. The van der Waals surface area contributed by atoms with Gasteiger partial charge in [-0.15, -0.1) is 0 Å². The van der Waals surface area contributed by atoms with Crippen LogP contribution in [0.1, 0.15) is 28.4 Å². The minimum absolute atomic E-state index is 0.0946. The summed E-state index contributed by atoms with van der Waals surface area (Å²) in [5.41, 5.74) is 3.61. The number of sulfonamides is 1. The van der Waals surface area contributed by atoms with E-state index in [2.05, 4.69) is 17.1 Å². The molecule has 2 aromatic carbocycles. The summed E-state index contributed by atoms with van der Waals surface area (Å²) in [7, 11) is -1.87. The molecule has 186 valence electrons. The topological polar surface area (TPSA) is 101 Å². The van der Waals surface area contributed by atoms with Crippen LogP contribution >= 0.6 is 11.3 Å². The highest BCUT2D eigenvalue weighted by atomic mass is 32.2. The largest absolute Gasteiger partial charge is 0.450 e. The minimum Gasteiger partial charge on any atom is -0.450 e. The number of aryl methyl sites for hydroxylation is 3. The van der Waals surface area contributed by atoms with Crippen LogP contribution in [0.15, 0.2) is 46.3 Å². The van der Waals surface area contributed by atoms with E-state index in [0.29, 0.717) is 10.4 Å². The highest BCUT2D eigenvalue weighted by Gasteiger charge is 2.30. The van der Waals surface area contributed by atoms with Crippen LogP contribution in [0.25, 0.3) is 10.2 Å². The molecule has 1 aromatic heterocycles. The normalized spacial score (nSPS) is 15.5. The van der Waals surface area contributed by atoms with Crippen molar-refractivity contribution in [3.63, 3.8) is 0 Å². The third-order valence-corrected chi connectivity index (χ3v) is 8.93. The van der Waals surface area contributed by atoms with E-state index in [4.69, 9.17) is 4.74 Å². The van der Waals surface area contributed by atoms with E-state index in [0.717, 1.165) is 21.3 Å². The molecule has 3 aromatic rings. The lowest BCUT2D eigenvalue weighted by Crippen LogP contribution is -2.50. The van der Waals surface area contributed by atoms with E-state index in [-0.39, 0.29) is 37.7 Å². The van der Waals surface area contributed by atoms with Crippen molar-refractivity contribution >= 4 is 43.6 Å². The van der Waals surface area contributed by atoms with Gasteiger partial charge in [0, 0.05) is 38.8 Å². The van der Waals surface area contributed by atoms with Crippen LogP contribution in [0.5, 0.6) is 0 Å². The van der Waals surface area contributed by atoms with E-state index in [1.807, 2.05) is 25.5 Å². The molecule has 0 bridgehead atoms. The summed E-state index contributed by atoms with van der Waals surface area (Å²) in [6, 6.07) is 9.98. The van der Waals surface area contributed by atoms with Gasteiger partial charge >= 0.3 is 6.09 Å². The van der Waals surface area contributed by atoms with E-state index in [1.54, 1.807) is 6.92 Å². The number of piperazine rings is 1. The lowest BCUT2D eigenvalue weighted by molar-refractivity contribution is 0.0933. The number of rotatable bonds is 4. The van der Waals surface area contributed by atoms with Crippen LogP contribution in [0.4, 0.5) is 4.79 Å². The molecule has 2 heterocycles. The number of amides is 2. The Bertz CT molecular complexity index is 1450. The first-order chi connectivity index (χ1) is 16.6. The predicted octanol–water partition coefficient (Wildman–Crippen LogP) is 3.06. The first-order valence-corrected chi connectivity index (χ1v) is 13.5. The van der Waals surface area contributed by atoms with Gasteiger partial charge in [-0.25, -0.2) is 13.2 Å². The number of hydrogen-bond donors (Lipinski definition) is 0. The average molecular weight is 517 g/mol. The fourth-order valence-electron chi connectivity index (χ4n) is 4.18. The summed E-state index contributed by atoms with van der Waals surface area (Å²) < 4.78 is 35.4. The number of carbonyl (C=O) groups excluding carboxylic acids is 2. The Morgan fingerprint density at radius 2 is 1.71 bits per heavy atom. The molecule has 0 unspecified atom stereocenters. The second-order valence-electron chi connectivity index (χ2n) is 8.40. The van der Waals surface area contributed by atoms with Crippen LogP contribution in [0.3, 0.4) is 0 Å². The number of benzene rings is 2. The van der Waals surface area contributed by atoms with Crippen LogP contribution in [0.2, 0.25) is 0 Å². The Labute approximate surface area is 208 Å². The second-order valence-corrected chi connectivity index (χ2v) is 11.4. The van der Waals surface area contributed by atoms with Gasteiger partial charge in [0.2, 0.25) is 10.0 Å². The molecular weight excluding hydrogens is 488 g/mol. The smallest absolute Gasteiger partial charge is 0.409 e. The molecule has 1 saturated heterocycles. The van der Waals surface area contributed by atoms with Gasteiger partial charge in [0.05, 0.1) is 21.7 Å². The molecule has 2 amide bonds. The van der Waals surface area contributed by atoms with Gasteiger partial charge in [-0.2, -0.15) is 9.30 Å². The molecule has 0 spiro atoms. The van der Waals surface area contributed by atoms with E-state index < -0.39 is 22.0 Å². The summed E-state index contributed by atoms with van der Waals surface area (Å²) >= 11 is 1.44. The van der Waals surface area contributed by atoms with Crippen LogP contribution in [0, 0.1) is 13.8 Å². The van der Waals surface area contributed by atoms with Crippen LogP contribution in [-0.4, -0.2) is 67.0 Å². The Balaban J connectivity index is 1.52. The molecule has 35 heavy (non-hydrogen) atoms. The van der Waals surface area contributed by atoms with E-state index >= 15 is 0 Å². The summed E-state index contributed by atoms with van der Waals surface area (Å²) in [6.07, 6.45) is -0.437. The minimum atomic E-state index is -3.75. The fraction of sp³-hybridized carbons (Fsp3) is 0.375. The standard InChI is InChI=1S/C24H28N4O5S2/c1-5-33-24(30)27-10-12-28(13-11-27)35(31,32)19-8-6-18(7-9-19)22(29)25-23-26(4)21-17(3)14-16(2)15-20(21)34-23/h6-9,14-15H,5,10-13H2,1-4H3. The van der Waals surface area contributed by atoms with Crippen molar-refractivity contribution in [3.8, 4) is 0 Å². The third-order valence-electron chi connectivity index (χ3n) is 5.93. The zero-order valence-corrected chi connectivity index (χ0v) is 21.8. The molecule has 0 radical (unpaired) electrons. The maximum Gasteiger partial charge on any atom is 0.409 e. The third kappa shape index (κ3) is 5.02. The van der Waals surface area contributed by atoms with Gasteiger partial charge in [-0.05, 0) is 62.2 Å². The SMILES string of the molecule is CCOC(=O)N1CCN(S(=O)(=O)c2ccc(C(=O)N=c3sc4cc(C)cc(C)c4n3C)cc2)CC1. The molecule has 11 heteroatoms. The average Bonchev–Trinajstić information content (AvgIpc) is 3.14. The van der Waals surface area contributed by atoms with Gasteiger partial charge in [-0.1, -0.05) is 17.4 Å². The molecule has 1 fully saturated rings. The molecule has 0 aliphatic carbocycles. The summed E-state index contributed by atoms with van der Waals surface area (Å²) in [4.78, 5) is 31.1. The molecule has 0 N–H and O–H groups in total. The van der Waals surface area contributed by atoms with Crippen molar-refractivity contribution in [2.45, 2.75) is 25.7 Å². The first-order valence-electron chi connectivity index (χ1n) is 11.3. The number of carbonyl (C=O) groups is 2. The number of fused-ring (bicyclic) bond motifs is 1. The maximum absolute atomic E-state index is 13.0. The van der Waals surface area contributed by atoms with Gasteiger partial charge < -0.3 is 14.2 Å². The van der Waals surface area contributed by atoms with Crippen molar-refractivity contribution in [3.05, 3.63) is 57.9 Å². The van der Waals surface area contributed by atoms with Crippen molar-refractivity contribution < 1.29 is 22.7 Å². The number of thiazole rings is 1. The first kappa shape index (κ1) is 25.1. The molecule has 4 rings (SSSR count). The van der Waals surface area contributed by atoms with Crippen LogP contribution < -0.4 is 4.80 Å². The maximum atomic E-state index is 13.0. The van der Waals surface area contributed by atoms with Crippen molar-refractivity contribution in [2.75, 3.05) is 32.8 Å². The number of ether oxygens (including phenoxy) is 1. The molecule has 0 saturated carbocycles. The van der Waals surface area contributed by atoms with Crippen molar-refractivity contribution in [1.29, 1.82) is 0 Å². The number of nitrogens with zero attached hydrogens (tertiary/aromatic N) is 4. The monoisotopic (exact) mass is 516 g/mol.